The summed E-state index contributed by atoms with van der Waals surface area (Å²) in [5, 5.41) is 2.99. The maximum absolute atomic E-state index is 12.1. The summed E-state index contributed by atoms with van der Waals surface area (Å²) in [5.41, 5.74) is 1.54. The molecule has 138 valence electrons. The highest BCUT2D eigenvalue weighted by atomic mass is 16.5. The summed E-state index contributed by atoms with van der Waals surface area (Å²) < 4.78 is 5.16. The van der Waals surface area contributed by atoms with E-state index in [4.69, 9.17) is 4.74 Å². The van der Waals surface area contributed by atoms with Crippen molar-refractivity contribution in [3.8, 4) is 0 Å². The summed E-state index contributed by atoms with van der Waals surface area (Å²) in [7, 11) is 0. The fourth-order valence-electron chi connectivity index (χ4n) is 3.39. The Morgan fingerprint density at radius 3 is 2.36 bits per heavy atom. The molecule has 1 saturated carbocycles. The molecule has 0 heterocycles. The number of carbonyl (C=O) groups is 2. The van der Waals surface area contributed by atoms with Gasteiger partial charge in [0.1, 0.15) is 0 Å². The molecule has 0 spiro atoms. The number of benzene rings is 1. The Balaban J connectivity index is 1.82. The van der Waals surface area contributed by atoms with Gasteiger partial charge >= 0.3 is 5.97 Å². The lowest BCUT2D eigenvalue weighted by atomic mass is 9.86. The Labute approximate surface area is 150 Å². The van der Waals surface area contributed by atoms with Crippen molar-refractivity contribution in [2.24, 2.45) is 5.92 Å². The largest absolute Gasteiger partial charge is 0.452 e. The topological polar surface area (TPSA) is 58.6 Å². The first kappa shape index (κ1) is 19.3. The van der Waals surface area contributed by atoms with Gasteiger partial charge in [-0.3, -0.25) is 4.79 Å². The first-order valence-corrected chi connectivity index (χ1v) is 9.36. The van der Waals surface area contributed by atoms with Crippen LogP contribution >= 0.6 is 0 Å². The number of nitrogens with zero attached hydrogens (tertiary/aromatic N) is 1. The fourth-order valence-corrected chi connectivity index (χ4v) is 3.39. The van der Waals surface area contributed by atoms with Gasteiger partial charge in [-0.2, -0.15) is 0 Å². The molecular formula is C20H30N2O3. The lowest BCUT2D eigenvalue weighted by molar-refractivity contribution is -0.125. The molecule has 1 aliphatic carbocycles. The fraction of sp³-hybridized carbons (Fsp3) is 0.600. The van der Waals surface area contributed by atoms with E-state index in [0.29, 0.717) is 11.5 Å². The molecule has 5 heteroatoms. The lowest BCUT2D eigenvalue weighted by Gasteiger charge is -2.29. The Morgan fingerprint density at radius 2 is 1.76 bits per heavy atom. The molecule has 0 saturated heterocycles. The van der Waals surface area contributed by atoms with Crippen LogP contribution in [0, 0.1) is 5.92 Å². The van der Waals surface area contributed by atoms with E-state index in [1.165, 1.54) is 6.42 Å². The van der Waals surface area contributed by atoms with Gasteiger partial charge in [0, 0.05) is 24.8 Å². The summed E-state index contributed by atoms with van der Waals surface area (Å²) in [6.07, 6.45) is 4.53. The summed E-state index contributed by atoms with van der Waals surface area (Å²) in [5.74, 6) is -0.189. The van der Waals surface area contributed by atoms with Crippen LogP contribution in [0.15, 0.2) is 24.3 Å². The molecule has 0 aliphatic heterocycles. The number of hydrogen-bond donors (Lipinski definition) is 1. The number of nitrogens with one attached hydrogen (secondary N) is 1. The predicted octanol–water partition coefficient (Wildman–Crippen LogP) is 3.38. The van der Waals surface area contributed by atoms with Crippen LogP contribution in [0.25, 0.3) is 0 Å². The monoisotopic (exact) mass is 346 g/mol. The molecule has 1 aromatic rings. The van der Waals surface area contributed by atoms with Crippen molar-refractivity contribution in [1.82, 2.24) is 5.32 Å². The minimum Gasteiger partial charge on any atom is -0.452 e. The molecule has 2 atom stereocenters. The summed E-state index contributed by atoms with van der Waals surface area (Å²) in [6, 6.07) is 7.52. The standard InChI is InChI=1S/C20H30N2O3/c1-4-22(5-2)17-12-10-16(11-13-17)20(24)25-14-19(23)21-18-9-7-6-8-15(18)3/h10-13,15,18H,4-9,14H2,1-3H3,(H,21,23)/t15-,18+/m0/s1. The number of rotatable bonds is 7. The van der Waals surface area contributed by atoms with Gasteiger partial charge in [-0.15, -0.1) is 0 Å². The molecule has 0 radical (unpaired) electrons. The Kier molecular flexibility index (Phi) is 7.29. The van der Waals surface area contributed by atoms with Gasteiger partial charge in [0.05, 0.1) is 5.56 Å². The van der Waals surface area contributed by atoms with Crippen LogP contribution in [-0.4, -0.2) is 37.6 Å². The second-order valence-corrected chi connectivity index (χ2v) is 6.73. The van der Waals surface area contributed by atoms with Crippen molar-refractivity contribution in [2.45, 2.75) is 52.5 Å². The van der Waals surface area contributed by atoms with Crippen molar-refractivity contribution in [3.05, 3.63) is 29.8 Å². The van der Waals surface area contributed by atoms with Crippen molar-refractivity contribution < 1.29 is 14.3 Å². The van der Waals surface area contributed by atoms with Gasteiger partial charge < -0.3 is 15.0 Å². The highest BCUT2D eigenvalue weighted by molar-refractivity contribution is 5.91. The predicted molar refractivity (Wildman–Crippen MR) is 99.8 cm³/mol. The molecule has 25 heavy (non-hydrogen) atoms. The van der Waals surface area contributed by atoms with E-state index in [2.05, 4.69) is 31.0 Å². The molecule has 0 bridgehead atoms. The van der Waals surface area contributed by atoms with E-state index in [9.17, 15) is 9.59 Å². The second kappa shape index (κ2) is 9.44. The SMILES string of the molecule is CCN(CC)c1ccc(C(=O)OCC(=O)N[C@@H]2CCCC[C@@H]2C)cc1. The normalized spacial score (nSPS) is 20.0. The first-order valence-electron chi connectivity index (χ1n) is 9.36. The zero-order chi connectivity index (χ0) is 18.2. The molecule has 2 rings (SSSR count). The maximum atomic E-state index is 12.1. The molecule has 0 unspecified atom stereocenters. The van der Waals surface area contributed by atoms with Crippen molar-refractivity contribution in [3.63, 3.8) is 0 Å². The minimum atomic E-state index is -0.460. The van der Waals surface area contributed by atoms with Crippen LogP contribution < -0.4 is 10.2 Å². The van der Waals surface area contributed by atoms with Gasteiger partial charge in [0.15, 0.2) is 6.61 Å². The molecule has 0 aromatic heterocycles. The number of hydrogen-bond acceptors (Lipinski definition) is 4. The van der Waals surface area contributed by atoms with Gasteiger partial charge in [-0.25, -0.2) is 4.79 Å². The smallest absolute Gasteiger partial charge is 0.338 e. The summed E-state index contributed by atoms with van der Waals surface area (Å²) in [6.45, 7) is 7.96. The molecule has 1 aliphatic rings. The minimum absolute atomic E-state index is 0.202. The molecular weight excluding hydrogens is 316 g/mol. The van der Waals surface area contributed by atoms with E-state index in [-0.39, 0.29) is 18.6 Å². The van der Waals surface area contributed by atoms with Crippen molar-refractivity contribution in [2.75, 3.05) is 24.6 Å². The van der Waals surface area contributed by atoms with E-state index in [0.717, 1.165) is 38.0 Å². The van der Waals surface area contributed by atoms with Crippen LogP contribution in [0.1, 0.15) is 56.8 Å². The lowest BCUT2D eigenvalue weighted by Crippen LogP contribution is -2.42. The van der Waals surface area contributed by atoms with Crippen molar-refractivity contribution in [1.29, 1.82) is 0 Å². The summed E-state index contributed by atoms with van der Waals surface area (Å²) in [4.78, 5) is 26.3. The van der Waals surface area contributed by atoms with Gasteiger partial charge in [0.25, 0.3) is 5.91 Å². The van der Waals surface area contributed by atoms with E-state index in [1.807, 2.05) is 12.1 Å². The molecule has 1 aromatic carbocycles. The molecule has 1 fully saturated rings. The van der Waals surface area contributed by atoms with Crippen LogP contribution in [0.4, 0.5) is 5.69 Å². The Hall–Kier alpha value is -2.04. The van der Waals surface area contributed by atoms with E-state index in [1.54, 1.807) is 12.1 Å². The second-order valence-electron chi connectivity index (χ2n) is 6.73. The van der Waals surface area contributed by atoms with Crippen molar-refractivity contribution >= 4 is 17.6 Å². The molecule has 5 nitrogen and oxygen atoms in total. The quantitative estimate of drug-likeness (QED) is 0.769. The zero-order valence-corrected chi connectivity index (χ0v) is 15.6. The number of esters is 1. The average Bonchev–Trinajstić information content (AvgIpc) is 2.63. The van der Waals surface area contributed by atoms with E-state index < -0.39 is 5.97 Å². The molecule has 1 N–H and O–H groups in total. The van der Waals surface area contributed by atoms with Crippen LogP contribution in [-0.2, 0) is 9.53 Å². The van der Waals surface area contributed by atoms with Gasteiger partial charge in [-0.1, -0.05) is 19.8 Å². The first-order chi connectivity index (χ1) is 12.0. The van der Waals surface area contributed by atoms with Gasteiger partial charge in [0.2, 0.25) is 0 Å². The number of anilines is 1. The van der Waals surface area contributed by atoms with E-state index >= 15 is 0 Å². The average molecular weight is 346 g/mol. The maximum Gasteiger partial charge on any atom is 0.338 e. The molecule has 1 amide bonds. The van der Waals surface area contributed by atoms with Crippen LogP contribution in [0.2, 0.25) is 0 Å². The Bertz CT molecular complexity index is 567. The number of carbonyl (C=O) groups excluding carboxylic acids is 2. The van der Waals surface area contributed by atoms with Crippen LogP contribution in [0.5, 0.6) is 0 Å². The summed E-state index contributed by atoms with van der Waals surface area (Å²) >= 11 is 0. The zero-order valence-electron chi connectivity index (χ0n) is 15.6. The van der Waals surface area contributed by atoms with Gasteiger partial charge in [-0.05, 0) is 56.9 Å². The highest BCUT2D eigenvalue weighted by Gasteiger charge is 2.23. The number of ether oxygens (including phenoxy) is 1. The third-order valence-corrected chi connectivity index (χ3v) is 5.02. The van der Waals surface area contributed by atoms with Crippen LogP contribution in [0.3, 0.4) is 0 Å². The third kappa shape index (κ3) is 5.48. The number of amides is 1. The highest BCUT2D eigenvalue weighted by Crippen LogP contribution is 2.23. The third-order valence-electron chi connectivity index (χ3n) is 5.02. The Morgan fingerprint density at radius 1 is 1.12 bits per heavy atom.